The zero-order chi connectivity index (χ0) is 25.9. The zero-order valence-corrected chi connectivity index (χ0v) is 21.4. The van der Waals surface area contributed by atoms with Gasteiger partial charge in [0, 0.05) is 42.8 Å². The maximum absolute atomic E-state index is 13.1. The van der Waals surface area contributed by atoms with Crippen LogP contribution in [0.5, 0.6) is 0 Å². The van der Waals surface area contributed by atoms with Crippen molar-refractivity contribution in [1.29, 1.82) is 0 Å². The van der Waals surface area contributed by atoms with Crippen molar-refractivity contribution in [3.8, 4) is 11.1 Å². The summed E-state index contributed by atoms with van der Waals surface area (Å²) < 4.78 is 0. The van der Waals surface area contributed by atoms with E-state index in [0.29, 0.717) is 42.2 Å². The van der Waals surface area contributed by atoms with Gasteiger partial charge < -0.3 is 20.6 Å². The summed E-state index contributed by atoms with van der Waals surface area (Å²) in [6.07, 6.45) is 7.19. The Morgan fingerprint density at radius 1 is 1.11 bits per heavy atom. The predicted molar refractivity (Wildman–Crippen MR) is 146 cm³/mol. The summed E-state index contributed by atoms with van der Waals surface area (Å²) in [5.41, 5.74) is 10.8. The van der Waals surface area contributed by atoms with E-state index in [-0.39, 0.29) is 18.9 Å². The van der Waals surface area contributed by atoms with Gasteiger partial charge in [-0.25, -0.2) is 4.99 Å². The molecule has 0 spiro atoms. The number of nitrogens with zero attached hydrogens (tertiary/aromatic N) is 3. The number of aldehydes is 1. The van der Waals surface area contributed by atoms with Crippen LogP contribution >= 0.6 is 0 Å². The Hall–Kier alpha value is -3.29. The maximum atomic E-state index is 13.1. The van der Waals surface area contributed by atoms with Crippen LogP contribution in [0.15, 0.2) is 53.0 Å². The Morgan fingerprint density at radius 3 is 2.39 bits per heavy atom. The molecule has 0 radical (unpaired) electrons. The SMILES string of the molecule is CCCN(CCCO)C(=O)C1=Cc2ccc(-c3ccc(C=O)cc3)cc2N=C(N)C1.CN1CCCC1. The van der Waals surface area contributed by atoms with E-state index in [1.54, 1.807) is 17.0 Å². The number of aliphatic imine (C=N–C) groups is 1. The summed E-state index contributed by atoms with van der Waals surface area (Å²) in [5.74, 6) is 0.324. The molecule has 0 bridgehead atoms. The van der Waals surface area contributed by atoms with Crippen molar-refractivity contribution in [2.45, 2.75) is 39.0 Å². The lowest BCUT2D eigenvalue weighted by molar-refractivity contribution is -0.127. The first kappa shape index (κ1) is 27.3. The van der Waals surface area contributed by atoms with Crippen molar-refractivity contribution >= 4 is 29.8 Å². The van der Waals surface area contributed by atoms with E-state index in [9.17, 15) is 9.59 Å². The molecule has 0 unspecified atom stereocenters. The van der Waals surface area contributed by atoms with Crippen molar-refractivity contribution < 1.29 is 14.7 Å². The Balaban J connectivity index is 0.000000526. The van der Waals surface area contributed by atoms with Gasteiger partial charge in [0.15, 0.2) is 0 Å². The number of aliphatic hydroxyl groups excluding tert-OH is 1. The molecule has 2 aliphatic heterocycles. The van der Waals surface area contributed by atoms with Gasteiger partial charge in [-0.2, -0.15) is 0 Å². The number of nitrogens with two attached hydrogens (primary N) is 1. The number of aliphatic hydroxyl groups is 1. The monoisotopic (exact) mass is 490 g/mol. The van der Waals surface area contributed by atoms with Crippen LogP contribution in [0.4, 0.5) is 5.69 Å². The van der Waals surface area contributed by atoms with Gasteiger partial charge >= 0.3 is 0 Å². The number of carbonyl (C=O) groups excluding carboxylic acids is 2. The fourth-order valence-corrected chi connectivity index (χ4v) is 4.39. The van der Waals surface area contributed by atoms with E-state index in [1.807, 2.05) is 43.3 Å². The van der Waals surface area contributed by atoms with Crippen LogP contribution in [0, 0.1) is 0 Å². The molecule has 4 rings (SSSR count). The molecule has 0 atom stereocenters. The maximum Gasteiger partial charge on any atom is 0.250 e. The summed E-state index contributed by atoms with van der Waals surface area (Å²) in [4.78, 5) is 32.6. The van der Waals surface area contributed by atoms with Crippen molar-refractivity contribution in [1.82, 2.24) is 9.80 Å². The van der Waals surface area contributed by atoms with Gasteiger partial charge in [-0.05, 0) is 69.1 Å². The molecule has 0 saturated carbocycles. The molecule has 0 aromatic heterocycles. The van der Waals surface area contributed by atoms with Crippen molar-refractivity contribution in [3.05, 3.63) is 59.2 Å². The number of hydrogen-bond donors (Lipinski definition) is 2. The molecular formula is C29H38N4O3. The molecule has 0 aliphatic carbocycles. The van der Waals surface area contributed by atoms with Crippen molar-refractivity contribution in [2.24, 2.45) is 10.7 Å². The van der Waals surface area contributed by atoms with Gasteiger partial charge in [-0.3, -0.25) is 9.59 Å². The topological polar surface area (TPSA) is 99.2 Å². The average Bonchev–Trinajstić information content (AvgIpc) is 3.30. The quantitative estimate of drug-likeness (QED) is 0.538. The smallest absolute Gasteiger partial charge is 0.250 e. The number of fused-ring (bicyclic) bond motifs is 1. The molecule has 1 fully saturated rings. The van der Waals surface area contributed by atoms with Crippen LogP contribution in [0.25, 0.3) is 17.2 Å². The van der Waals surface area contributed by atoms with E-state index < -0.39 is 0 Å². The van der Waals surface area contributed by atoms with Gasteiger partial charge in [-0.1, -0.05) is 43.3 Å². The molecule has 1 saturated heterocycles. The van der Waals surface area contributed by atoms with Crippen LogP contribution in [-0.4, -0.2) is 72.8 Å². The Bertz CT molecular complexity index is 1090. The number of amides is 1. The van der Waals surface area contributed by atoms with Crippen molar-refractivity contribution in [2.75, 3.05) is 39.8 Å². The van der Waals surface area contributed by atoms with Crippen molar-refractivity contribution in [3.63, 3.8) is 0 Å². The minimum Gasteiger partial charge on any atom is -0.396 e. The molecule has 2 aromatic carbocycles. The molecule has 2 aromatic rings. The number of carbonyl (C=O) groups is 2. The second kappa shape index (κ2) is 13.7. The normalized spacial score (nSPS) is 15.1. The number of likely N-dealkylation sites (tertiary alicyclic amines) is 1. The van der Waals surface area contributed by atoms with Crippen LogP contribution < -0.4 is 5.73 Å². The predicted octanol–water partition coefficient (Wildman–Crippen LogP) is 4.27. The minimum absolute atomic E-state index is 0.0512. The van der Waals surface area contributed by atoms with Crippen LogP contribution in [0.3, 0.4) is 0 Å². The number of hydrogen-bond acceptors (Lipinski definition) is 6. The second-order valence-electron chi connectivity index (χ2n) is 9.34. The summed E-state index contributed by atoms with van der Waals surface area (Å²) in [5, 5.41) is 9.13. The van der Waals surface area contributed by atoms with Crippen LogP contribution in [-0.2, 0) is 4.79 Å². The lowest BCUT2D eigenvalue weighted by Crippen LogP contribution is -2.35. The molecule has 7 heteroatoms. The highest BCUT2D eigenvalue weighted by molar-refractivity contribution is 6.05. The number of rotatable bonds is 8. The summed E-state index contributed by atoms with van der Waals surface area (Å²) in [6.45, 7) is 5.86. The van der Waals surface area contributed by atoms with E-state index in [0.717, 1.165) is 29.4 Å². The van der Waals surface area contributed by atoms with Gasteiger partial charge in [0.05, 0.1) is 5.69 Å². The third kappa shape index (κ3) is 7.60. The van der Waals surface area contributed by atoms with E-state index >= 15 is 0 Å². The third-order valence-electron chi connectivity index (χ3n) is 6.35. The molecule has 3 N–H and O–H groups in total. The van der Waals surface area contributed by atoms with Crippen LogP contribution in [0.2, 0.25) is 0 Å². The fourth-order valence-electron chi connectivity index (χ4n) is 4.39. The summed E-state index contributed by atoms with van der Waals surface area (Å²) >= 11 is 0. The third-order valence-corrected chi connectivity index (χ3v) is 6.35. The molecule has 2 heterocycles. The first-order valence-corrected chi connectivity index (χ1v) is 12.8. The number of benzene rings is 2. The molecule has 7 nitrogen and oxygen atoms in total. The standard InChI is InChI=1S/C24H27N3O3.C5H11N/c1-2-10-27(11-3-12-28)24(30)21-13-20-9-8-19(14-22(20)26-23(25)15-21)18-6-4-17(16-29)5-7-18;1-6-4-2-3-5-6/h4-9,13-14,16,28H,2-3,10-12,15H2,1H3,(H2,25,26);2-5H2,1H3. The number of amidine groups is 1. The fraction of sp³-hybridized carbons (Fsp3) is 0.414. The first-order valence-electron chi connectivity index (χ1n) is 12.8. The zero-order valence-electron chi connectivity index (χ0n) is 21.4. The highest BCUT2D eigenvalue weighted by atomic mass is 16.3. The minimum atomic E-state index is -0.0650. The molecule has 2 aliphatic rings. The van der Waals surface area contributed by atoms with E-state index in [2.05, 4.69) is 16.9 Å². The molecule has 36 heavy (non-hydrogen) atoms. The average molecular weight is 491 g/mol. The van der Waals surface area contributed by atoms with Gasteiger partial charge in [0.25, 0.3) is 0 Å². The summed E-state index contributed by atoms with van der Waals surface area (Å²) in [6, 6.07) is 13.2. The summed E-state index contributed by atoms with van der Waals surface area (Å²) in [7, 11) is 2.17. The largest absolute Gasteiger partial charge is 0.396 e. The van der Waals surface area contributed by atoms with Gasteiger partial charge in [0.2, 0.25) is 5.91 Å². The first-order chi connectivity index (χ1) is 17.4. The lowest BCUT2D eigenvalue weighted by atomic mass is 10.00. The van der Waals surface area contributed by atoms with Crippen LogP contribution in [0.1, 0.15) is 54.9 Å². The Labute approximate surface area is 214 Å². The molecular weight excluding hydrogens is 452 g/mol. The van der Waals surface area contributed by atoms with E-state index in [1.165, 1.54) is 25.9 Å². The highest BCUT2D eigenvalue weighted by Gasteiger charge is 2.21. The van der Waals surface area contributed by atoms with Gasteiger partial charge in [0.1, 0.15) is 12.1 Å². The molecule has 192 valence electrons. The van der Waals surface area contributed by atoms with E-state index in [4.69, 9.17) is 10.8 Å². The van der Waals surface area contributed by atoms with Gasteiger partial charge in [-0.15, -0.1) is 0 Å². The molecule has 1 amide bonds. The Kier molecular flexibility index (Phi) is 10.4. The Morgan fingerprint density at radius 2 is 1.81 bits per heavy atom. The second-order valence-corrected chi connectivity index (χ2v) is 9.34. The highest BCUT2D eigenvalue weighted by Crippen LogP contribution is 2.32. The lowest BCUT2D eigenvalue weighted by Gasteiger charge is -2.23.